The number of hydrogen-bond acceptors (Lipinski definition) is 4. The minimum Gasteiger partial charge on any atom is -0.444 e. The van der Waals surface area contributed by atoms with Crippen LogP contribution in [-0.2, 0) is 9.53 Å². The Bertz CT molecular complexity index is 572. The molecule has 0 saturated carbocycles. The third-order valence-corrected chi connectivity index (χ3v) is 5.02. The van der Waals surface area contributed by atoms with E-state index in [0.29, 0.717) is 13.0 Å². The Morgan fingerprint density at radius 2 is 1.81 bits per heavy atom. The standard InChI is InChI=1S/C22H43N5O3.HI/c1-8-23-20(24-13-11-19(28)27-14-9-10-15-27)26(7)16-12-18(17(2)3)25-21(29)30-22(4,5)6;/h17-18H,8-16H2,1-7H3,(H,23,24)(H,25,29);1H. The van der Waals surface area contributed by atoms with Crippen molar-refractivity contribution in [2.75, 3.05) is 39.8 Å². The molecule has 2 N–H and O–H groups in total. The summed E-state index contributed by atoms with van der Waals surface area (Å²) in [5, 5.41) is 6.28. The average Bonchev–Trinajstić information content (AvgIpc) is 3.17. The summed E-state index contributed by atoms with van der Waals surface area (Å²) in [4.78, 5) is 33.0. The fourth-order valence-electron chi connectivity index (χ4n) is 3.32. The summed E-state index contributed by atoms with van der Waals surface area (Å²) in [5.74, 6) is 1.26. The van der Waals surface area contributed by atoms with Crippen LogP contribution < -0.4 is 10.6 Å². The predicted octanol–water partition coefficient (Wildman–Crippen LogP) is 3.45. The van der Waals surface area contributed by atoms with Crippen LogP contribution in [-0.4, -0.2) is 79.2 Å². The quantitative estimate of drug-likeness (QED) is 0.260. The highest BCUT2D eigenvalue weighted by Gasteiger charge is 2.22. The molecule has 1 aliphatic rings. The van der Waals surface area contributed by atoms with Gasteiger partial charge in [0.15, 0.2) is 5.96 Å². The van der Waals surface area contributed by atoms with Crippen LogP contribution >= 0.6 is 24.0 Å². The van der Waals surface area contributed by atoms with Gasteiger partial charge < -0.3 is 25.2 Å². The van der Waals surface area contributed by atoms with Crippen LogP contribution in [0.15, 0.2) is 4.99 Å². The molecule has 1 rings (SSSR count). The normalized spacial score (nSPS) is 15.4. The zero-order valence-corrected chi connectivity index (χ0v) is 22.8. The molecule has 1 aliphatic heterocycles. The number of carbonyl (C=O) groups is 2. The van der Waals surface area contributed by atoms with Crippen molar-refractivity contribution in [1.29, 1.82) is 0 Å². The Morgan fingerprint density at radius 3 is 2.32 bits per heavy atom. The molecule has 0 radical (unpaired) electrons. The Morgan fingerprint density at radius 1 is 1.19 bits per heavy atom. The van der Waals surface area contributed by atoms with Crippen LogP contribution in [0.25, 0.3) is 0 Å². The van der Waals surface area contributed by atoms with E-state index in [-0.39, 0.29) is 47.9 Å². The topological polar surface area (TPSA) is 86.3 Å². The molecule has 1 unspecified atom stereocenters. The molecule has 0 aromatic heterocycles. The number of nitrogens with one attached hydrogen (secondary N) is 2. The molecule has 8 nitrogen and oxygen atoms in total. The number of halogens is 1. The van der Waals surface area contributed by atoms with Gasteiger partial charge in [0.05, 0.1) is 6.54 Å². The fraction of sp³-hybridized carbons (Fsp3) is 0.864. The Labute approximate surface area is 205 Å². The summed E-state index contributed by atoms with van der Waals surface area (Å²) >= 11 is 0. The number of carbonyl (C=O) groups excluding carboxylic acids is 2. The van der Waals surface area contributed by atoms with E-state index >= 15 is 0 Å². The van der Waals surface area contributed by atoms with Crippen molar-refractivity contribution in [2.45, 2.75) is 78.9 Å². The molecule has 0 aromatic rings. The number of likely N-dealkylation sites (tertiary alicyclic amines) is 1. The lowest BCUT2D eigenvalue weighted by molar-refractivity contribution is -0.129. The summed E-state index contributed by atoms with van der Waals surface area (Å²) in [6.07, 6.45) is 3.04. The van der Waals surface area contributed by atoms with Crippen LogP contribution in [0.5, 0.6) is 0 Å². The third kappa shape index (κ3) is 12.4. The first-order chi connectivity index (χ1) is 14.0. The van der Waals surface area contributed by atoms with Crippen molar-refractivity contribution in [1.82, 2.24) is 20.4 Å². The van der Waals surface area contributed by atoms with E-state index in [2.05, 4.69) is 34.4 Å². The van der Waals surface area contributed by atoms with Gasteiger partial charge in [-0.3, -0.25) is 9.79 Å². The number of amides is 2. The van der Waals surface area contributed by atoms with E-state index in [0.717, 1.165) is 51.4 Å². The molecule has 182 valence electrons. The summed E-state index contributed by atoms with van der Waals surface area (Å²) < 4.78 is 5.39. The van der Waals surface area contributed by atoms with E-state index in [1.54, 1.807) is 0 Å². The highest BCUT2D eigenvalue weighted by molar-refractivity contribution is 14.0. The predicted molar refractivity (Wildman–Crippen MR) is 137 cm³/mol. The number of hydrogen-bond donors (Lipinski definition) is 2. The lowest BCUT2D eigenvalue weighted by Crippen LogP contribution is -2.45. The highest BCUT2D eigenvalue weighted by atomic mass is 127. The first-order valence-electron chi connectivity index (χ1n) is 11.3. The molecule has 1 fully saturated rings. The molecule has 1 atom stereocenters. The van der Waals surface area contributed by atoms with Crippen LogP contribution in [0.4, 0.5) is 4.79 Å². The van der Waals surface area contributed by atoms with Crippen LogP contribution in [0.2, 0.25) is 0 Å². The Hall–Kier alpha value is -1.26. The van der Waals surface area contributed by atoms with Gasteiger partial charge in [-0.2, -0.15) is 0 Å². The van der Waals surface area contributed by atoms with E-state index in [9.17, 15) is 9.59 Å². The minimum atomic E-state index is -0.514. The van der Waals surface area contributed by atoms with E-state index in [1.165, 1.54) is 0 Å². The van der Waals surface area contributed by atoms with Crippen molar-refractivity contribution in [3.05, 3.63) is 0 Å². The van der Waals surface area contributed by atoms with E-state index in [4.69, 9.17) is 4.74 Å². The summed E-state index contributed by atoms with van der Waals surface area (Å²) in [6.45, 7) is 15.5. The number of aliphatic imine (C=N–C) groups is 1. The maximum absolute atomic E-state index is 12.2. The molecular formula is C22H44IN5O3. The van der Waals surface area contributed by atoms with Gasteiger partial charge in [0.25, 0.3) is 0 Å². The number of guanidine groups is 1. The lowest BCUT2D eigenvalue weighted by atomic mass is 10.0. The van der Waals surface area contributed by atoms with Gasteiger partial charge in [0, 0.05) is 45.7 Å². The largest absolute Gasteiger partial charge is 0.444 e. The smallest absolute Gasteiger partial charge is 0.407 e. The molecule has 31 heavy (non-hydrogen) atoms. The molecule has 9 heteroatoms. The zero-order valence-electron chi connectivity index (χ0n) is 20.5. The second-order valence-electron chi connectivity index (χ2n) is 9.28. The van der Waals surface area contributed by atoms with Gasteiger partial charge in [0.2, 0.25) is 5.91 Å². The van der Waals surface area contributed by atoms with Crippen LogP contribution in [0.1, 0.15) is 67.2 Å². The maximum atomic E-state index is 12.2. The molecule has 0 spiro atoms. The van der Waals surface area contributed by atoms with Gasteiger partial charge in [-0.25, -0.2) is 4.79 Å². The van der Waals surface area contributed by atoms with Gasteiger partial charge >= 0.3 is 6.09 Å². The fourth-order valence-corrected chi connectivity index (χ4v) is 3.32. The summed E-state index contributed by atoms with van der Waals surface area (Å²) in [5.41, 5.74) is -0.514. The van der Waals surface area contributed by atoms with Crippen molar-refractivity contribution in [3.8, 4) is 0 Å². The molecule has 0 aromatic carbocycles. The first kappa shape index (κ1) is 29.7. The molecule has 2 amide bonds. The van der Waals surface area contributed by atoms with Crippen molar-refractivity contribution >= 4 is 41.9 Å². The second kappa shape index (κ2) is 14.7. The molecule has 0 aliphatic carbocycles. The van der Waals surface area contributed by atoms with Gasteiger partial charge in [-0.05, 0) is 52.9 Å². The number of rotatable bonds is 9. The van der Waals surface area contributed by atoms with Crippen molar-refractivity contribution in [2.24, 2.45) is 10.9 Å². The second-order valence-corrected chi connectivity index (χ2v) is 9.28. The monoisotopic (exact) mass is 553 g/mol. The van der Waals surface area contributed by atoms with E-state index in [1.807, 2.05) is 39.6 Å². The summed E-state index contributed by atoms with van der Waals surface area (Å²) in [7, 11) is 1.98. The number of ether oxygens (including phenoxy) is 1. The SMILES string of the molecule is CCNC(=NCCC(=O)N1CCCC1)N(C)CCC(NC(=O)OC(C)(C)C)C(C)C.I. The van der Waals surface area contributed by atoms with Gasteiger partial charge in [-0.15, -0.1) is 24.0 Å². The van der Waals surface area contributed by atoms with Gasteiger partial charge in [-0.1, -0.05) is 13.8 Å². The zero-order chi connectivity index (χ0) is 22.7. The maximum Gasteiger partial charge on any atom is 0.407 e. The van der Waals surface area contributed by atoms with Gasteiger partial charge in [0.1, 0.15) is 5.60 Å². The lowest BCUT2D eigenvalue weighted by Gasteiger charge is -2.28. The third-order valence-electron chi connectivity index (χ3n) is 5.02. The molecule has 1 heterocycles. The average molecular weight is 554 g/mol. The van der Waals surface area contributed by atoms with Crippen molar-refractivity contribution < 1.29 is 14.3 Å². The Kier molecular flexibility index (Phi) is 14.1. The molecular weight excluding hydrogens is 509 g/mol. The van der Waals surface area contributed by atoms with Crippen LogP contribution in [0, 0.1) is 5.92 Å². The summed E-state index contributed by atoms with van der Waals surface area (Å²) in [6, 6.07) is 0.00178. The van der Waals surface area contributed by atoms with Crippen LogP contribution in [0.3, 0.4) is 0 Å². The first-order valence-corrected chi connectivity index (χ1v) is 11.3. The number of nitrogens with zero attached hydrogens (tertiary/aromatic N) is 3. The number of alkyl carbamates (subject to hydrolysis) is 1. The molecule has 1 saturated heterocycles. The Balaban J connectivity index is 0.00000900. The highest BCUT2D eigenvalue weighted by Crippen LogP contribution is 2.11. The van der Waals surface area contributed by atoms with E-state index < -0.39 is 5.60 Å². The minimum absolute atomic E-state index is 0. The van der Waals surface area contributed by atoms with Crippen molar-refractivity contribution in [3.63, 3.8) is 0 Å². The molecule has 0 bridgehead atoms.